The Morgan fingerprint density at radius 3 is 2.64 bits per heavy atom. The molecule has 0 aromatic heterocycles. The smallest absolute Gasteiger partial charge is 0.141 e. The second kappa shape index (κ2) is 4.39. The number of carbonyl (C=O) groups is 1. The van der Waals surface area contributed by atoms with Gasteiger partial charge in [0.25, 0.3) is 0 Å². The summed E-state index contributed by atoms with van der Waals surface area (Å²) in [4.78, 5) is 13.7. The average molecular weight is 147 g/mol. The summed E-state index contributed by atoms with van der Waals surface area (Å²) in [5, 5.41) is 0. The summed E-state index contributed by atoms with van der Waals surface area (Å²) >= 11 is 0. The minimum Gasteiger partial charge on any atom is -0.301 e. The Hall–Kier alpha value is -1.44. The predicted molar refractivity (Wildman–Crippen MR) is 45.0 cm³/mol. The van der Waals surface area contributed by atoms with Crippen LogP contribution in [0.1, 0.15) is 5.56 Å². The van der Waals surface area contributed by atoms with Gasteiger partial charge in [0.05, 0.1) is 6.54 Å². The fourth-order valence-corrected chi connectivity index (χ4v) is 0.740. The number of rotatable bonds is 3. The molecule has 2 nitrogen and oxygen atoms in total. The molecule has 56 valence electrons. The van der Waals surface area contributed by atoms with Crippen molar-refractivity contribution < 1.29 is 4.79 Å². The molecule has 0 saturated carbocycles. The first kappa shape index (κ1) is 7.66. The zero-order valence-corrected chi connectivity index (χ0v) is 6.10. The lowest BCUT2D eigenvalue weighted by atomic mass is 10.2. The maximum atomic E-state index is 9.88. The van der Waals surface area contributed by atoms with Crippen molar-refractivity contribution in [3.63, 3.8) is 0 Å². The van der Waals surface area contributed by atoms with Crippen LogP contribution >= 0.6 is 0 Å². The van der Waals surface area contributed by atoms with E-state index < -0.39 is 0 Å². The number of aldehydes is 1. The molecule has 11 heavy (non-hydrogen) atoms. The van der Waals surface area contributed by atoms with Crippen LogP contribution in [-0.4, -0.2) is 19.0 Å². The van der Waals surface area contributed by atoms with Gasteiger partial charge in [0, 0.05) is 6.21 Å². The molecule has 1 aromatic rings. The molecule has 0 saturated heterocycles. The van der Waals surface area contributed by atoms with Crippen molar-refractivity contribution in [2.45, 2.75) is 0 Å². The topological polar surface area (TPSA) is 29.4 Å². The summed E-state index contributed by atoms with van der Waals surface area (Å²) in [5.41, 5.74) is 1.02. The Kier molecular flexibility index (Phi) is 3.06. The average Bonchev–Trinajstić information content (AvgIpc) is 2.07. The van der Waals surface area contributed by atoms with E-state index in [9.17, 15) is 4.79 Å². The quantitative estimate of drug-likeness (QED) is 0.468. The molecule has 0 N–H and O–H groups in total. The second-order valence-corrected chi connectivity index (χ2v) is 2.07. The Labute approximate surface area is 65.6 Å². The molecule has 0 aliphatic carbocycles. The highest BCUT2D eigenvalue weighted by Crippen LogP contribution is 1.93. The van der Waals surface area contributed by atoms with Gasteiger partial charge in [-0.25, -0.2) is 0 Å². The molecule has 0 bridgehead atoms. The van der Waals surface area contributed by atoms with Gasteiger partial charge in [-0.3, -0.25) is 4.99 Å². The van der Waals surface area contributed by atoms with Gasteiger partial charge < -0.3 is 4.79 Å². The van der Waals surface area contributed by atoms with Crippen molar-refractivity contribution in [3.05, 3.63) is 35.9 Å². The molecule has 0 atom stereocenters. The lowest BCUT2D eigenvalue weighted by molar-refractivity contribution is -0.106. The van der Waals surface area contributed by atoms with Crippen LogP contribution in [0.5, 0.6) is 0 Å². The molecular weight excluding hydrogens is 138 g/mol. The summed E-state index contributed by atoms with van der Waals surface area (Å²) in [7, 11) is 0. The van der Waals surface area contributed by atoms with E-state index in [1.165, 1.54) is 0 Å². The first-order valence-electron chi connectivity index (χ1n) is 3.42. The third-order valence-electron chi connectivity index (χ3n) is 1.22. The van der Waals surface area contributed by atoms with Crippen LogP contribution in [0.4, 0.5) is 0 Å². The van der Waals surface area contributed by atoms with Gasteiger partial charge in [0.1, 0.15) is 6.29 Å². The molecule has 0 fully saturated rings. The highest BCUT2D eigenvalue weighted by atomic mass is 16.1. The minimum absolute atomic E-state index is 0.245. The molecule has 2 heteroatoms. The van der Waals surface area contributed by atoms with Crippen LogP contribution in [0.3, 0.4) is 0 Å². The summed E-state index contributed by atoms with van der Waals surface area (Å²) in [6.07, 6.45) is 2.47. The van der Waals surface area contributed by atoms with Crippen LogP contribution in [0, 0.1) is 0 Å². The van der Waals surface area contributed by atoms with E-state index in [1.807, 2.05) is 30.3 Å². The van der Waals surface area contributed by atoms with Crippen LogP contribution in [0.25, 0.3) is 0 Å². The minimum atomic E-state index is 0.245. The summed E-state index contributed by atoms with van der Waals surface area (Å²) in [5.74, 6) is 0. The molecule has 0 aliphatic rings. The maximum Gasteiger partial charge on any atom is 0.141 e. The first-order chi connectivity index (χ1) is 5.43. The van der Waals surface area contributed by atoms with Gasteiger partial charge in [0.15, 0.2) is 0 Å². The highest BCUT2D eigenvalue weighted by molar-refractivity contribution is 5.80. The number of hydrogen-bond acceptors (Lipinski definition) is 2. The molecule has 0 aliphatic heterocycles. The zero-order valence-electron chi connectivity index (χ0n) is 6.10. The number of hydrogen-bond donors (Lipinski definition) is 0. The molecule has 1 aromatic carbocycles. The second-order valence-electron chi connectivity index (χ2n) is 2.07. The van der Waals surface area contributed by atoms with E-state index in [4.69, 9.17) is 0 Å². The molecule has 0 radical (unpaired) electrons. The third kappa shape index (κ3) is 2.76. The molecule has 1 rings (SSSR count). The van der Waals surface area contributed by atoms with Crippen molar-refractivity contribution in [2.75, 3.05) is 6.54 Å². The Morgan fingerprint density at radius 1 is 1.27 bits per heavy atom. The van der Waals surface area contributed by atoms with E-state index >= 15 is 0 Å². The lowest BCUT2D eigenvalue weighted by Crippen LogP contribution is -1.83. The number of carbonyl (C=O) groups excluding carboxylic acids is 1. The van der Waals surface area contributed by atoms with Crippen molar-refractivity contribution in [2.24, 2.45) is 4.99 Å². The van der Waals surface area contributed by atoms with E-state index in [0.29, 0.717) is 0 Å². The van der Waals surface area contributed by atoms with E-state index in [-0.39, 0.29) is 6.54 Å². The molecular formula is C9H9NO. The van der Waals surface area contributed by atoms with Gasteiger partial charge in [-0.1, -0.05) is 30.3 Å². The van der Waals surface area contributed by atoms with Crippen molar-refractivity contribution in [1.82, 2.24) is 0 Å². The lowest BCUT2D eigenvalue weighted by Gasteiger charge is -1.87. The van der Waals surface area contributed by atoms with Crippen LogP contribution in [-0.2, 0) is 4.79 Å². The first-order valence-corrected chi connectivity index (χ1v) is 3.42. The zero-order chi connectivity index (χ0) is 7.94. The standard InChI is InChI=1S/C9H9NO/c11-7-6-10-8-9-4-2-1-3-5-9/h1-5,7-8H,6H2/b10-8+. The van der Waals surface area contributed by atoms with Crippen molar-refractivity contribution in [3.8, 4) is 0 Å². The van der Waals surface area contributed by atoms with Crippen LogP contribution < -0.4 is 0 Å². The van der Waals surface area contributed by atoms with Gasteiger partial charge >= 0.3 is 0 Å². The number of aliphatic imine (C=N–C) groups is 1. The van der Waals surface area contributed by atoms with Crippen LogP contribution in [0.15, 0.2) is 35.3 Å². The Balaban J connectivity index is 2.57. The van der Waals surface area contributed by atoms with Gasteiger partial charge in [-0.15, -0.1) is 0 Å². The van der Waals surface area contributed by atoms with Gasteiger partial charge in [-0.2, -0.15) is 0 Å². The summed E-state index contributed by atoms with van der Waals surface area (Å²) in [6.45, 7) is 0.245. The Bertz CT molecular complexity index is 241. The highest BCUT2D eigenvalue weighted by Gasteiger charge is 1.81. The third-order valence-corrected chi connectivity index (χ3v) is 1.22. The molecule has 0 heterocycles. The number of nitrogens with zero attached hydrogens (tertiary/aromatic N) is 1. The fraction of sp³-hybridized carbons (Fsp3) is 0.111. The largest absolute Gasteiger partial charge is 0.301 e. The SMILES string of the molecule is O=CC/N=C/c1ccccc1. The van der Waals surface area contributed by atoms with E-state index in [1.54, 1.807) is 6.21 Å². The molecule has 0 amide bonds. The predicted octanol–water partition coefficient (Wildman–Crippen LogP) is 1.30. The van der Waals surface area contributed by atoms with Crippen molar-refractivity contribution in [1.29, 1.82) is 0 Å². The Morgan fingerprint density at radius 2 is 2.00 bits per heavy atom. The molecule has 0 spiro atoms. The van der Waals surface area contributed by atoms with Gasteiger partial charge in [-0.05, 0) is 5.56 Å². The van der Waals surface area contributed by atoms with Crippen LogP contribution in [0.2, 0.25) is 0 Å². The fourth-order valence-electron chi connectivity index (χ4n) is 0.740. The van der Waals surface area contributed by atoms with Gasteiger partial charge in [0.2, 0.25) is 0 Å². The number of benzene rings is 1. The summed E-state index contributed by atoms with van der Waals surface area (Å²) in [6, 6.07) is 9.68. The summed E-state index contributed by atoms with van der Waals surface area (Å²) < 4.78 is 0. The monoisotopic (exact) mass is 147 g/mol. The van der Waals surface area contributed by atoms with E-state index in [0.717, 1.165) is 11.8 Å². The van der Waals surface area contributed by atoms with Crippen molar-refractivity contribution >= 4 is 12.5 Å². The maximum absolute atomic E-state index is 9.88. The van der Waals surface area contributed by atoms with E-state index in [2.05, 4.69) is 4.99 Å². The molecule has 0 unspecified atom stereocenters. The normalized spacial score (nSPS) is 10.2.